The third-order valence-corrected chi connectivity index (χ3v) is 2.83. The first-order valence-corrected chi connectivity index (χ1v) is 5.11. The normalized spacial score (nSPS) is 25.1. The zero-order valence-electron chi connectivity index (χ0n) is 8.46. The highest BCUT2D eigenvalue weighted by atomic mass is 15.5. The third-order valence-electron chi connectivity index (χ3n) is 2.83. The van der Waals surface area contributed by atoms with E-state index in [1.807, 2.05) is 0 Å². The van der Waals surface area contributed by atoms with Crippen LogP contribution in [0.5, 0.6) is 0 Å². The first-order chi connectivity index (χ1) is 7.33. The maximum Gasteiger partial charge on any atom is 0.199 e. The molecular weight excluding hydrogens is 192 g/mol. The SMILES string of the molecule is CC1CC(Nc2cncc3nnnn23)C1. The van der Waals surface area contributed by atoms with E-state index in [9.17, 15) is 0 Å². The van der Waals surface area contributed by atoms with Gasteiger partial charge in [0.1, 0.15) is 0 Å². The van der Waals surface area contributed by atoms with Crippen LogP contribution in [0.2, 0.25) is 0 Å². The van der Waals surface area contributed by atoms with Crippen molar-refractivity contribution >= 4 is 11.5 Å². The van der Waals surface area contributed by atoms with Crippen LogP contribution in [0.1, 0.15) is 19.8 Å². The Balaban J connectivity index is 1.87. The molecule has 1 aliphatic carbocycles. The fourth-order valence-electron chi connectivity index (χ4n) is 2.00. The molecule has 1 fully saturated rings. The van der Waals surface area contributed by atoms with Gasteiger partial charge in [-0.2, -0.15) is 4.52 Å². The van der Waals surface area contributed by atoms with E-state index in [-0.39, 0.29) is 0 Å². The van der Waals surface area contributed by atoms with Crippen LogP contribution in [0.15, 0.2) is 12.4 Å². The molecule has 0 saturated heterocycles. The van der Waals surface area contributed by atoms with Gasteiger partial charge in [0.2, 0.25) is 0 Å². The molecule has 0 aromatic carbocycles. The lowest BCUT2D eigenvalue weighted by Crippen LogP contribution is -2.34. The molecule has 2 aromatic rings. The molecule has 0 radical (unpaired) electrons. The van der Waals surface area contributed by atoms with E-state index in [1.165, 1.54) is 12.8 Å². The van der Waals surface area contributed by atoms with E-state index in [2.05, 4.69) is 32.7 Å². The van der Waals surface area contributed by atoms with E-state index in [1.54, 1.807) is 16.9 Å². The average Bonchev–Trinajstić information content (AvgIpc) is 2.64. The minimum atomic E-state index is 0.539. The summed E-state index contributed by atoms with van der Waals surface area (Å²) in [7, 11) is 0. The molecule has 0 amide bonds. The van der Waals surface area contributed by atoms with Crippen LogP contribution in [0, 0.1) is 5.92 Å². The molecule has 6 heteroatoms. The van der Waals surface area contributed by atoms with E-state index < -0.39 is 0 Å². The first kappa shape index (κ1) is 8.58. The Kier molecular flexibility index (Phi) is 1.80. The third kappa shape index (κ3) is 1.42. The van der Waals surface area contributed by atoms with Crippen molar-refractivity contribution in [2.75, 3.05) is 5.32 Å². The van der Waals surface area contributed by atoms with Crippen LogP contribution in [-0.2, 0) is 0 Å². The number of anilines is 1. The molecule has 6 nitrogen and oxygen atoms in total. The summed E-state index contributed by atoms with van der Waals surface area (Å²) in [5.41, 5.74) is 0.673. The average molecular weight is 204 g/mol. The molecule has 0 bridgehead atoms. The Bertz CT molecular complexity index is 472. The van der Waals surface area contributed by atoms with Crippen LogP contribution in [-0.4, -0.2) is 31.1 Å². The predicted molar refractivity (Wildman–Crippen MR) is 54.4 cm³/mol. The van der Waals surface area contributed by atoms with Crippen LogP contribution < -0.4 is 5.32 Å². The van der Waals surface area contributed by atoms with Crippen molar-refractivity contribution in [2.24, 2.45) is 5.92 Å². The minimum Gasteiger partial charge on any atom is -0.366 e. The van der Waals surface area contributed by atoms with Crippen LogP contribution >= 0.6 is 0 Å². The number of nitrogens with one attached hydrogen (secondary N) is 1. The molecule has 78 valence electrons. The topological polar surface area (TPSA) is 68.0 Å². The van der Waals surface area contributed by atoms with Gasteiger partial charge in [-0.25, -0.2) is 0 Å². The number of fused-ring (bicyclic) bond motifs is 1. The molecule has 2 aromatic heterocycles. The standard InChI is InChI=1S/C9H12N6/c1-6-2-7(3-6)11-8-4-10-5-9-12-13-14-15(8)9/h4-7,11H,2-3H2,1H3. The molecular formula is C9H12N6. The zero-order chi connectivity index (χ0) is 10.3. The molecule has 1 N–H and O–H groups in total. The fourth-order valence-corrected chi connectivity index (χ4v) is 2.00. The molecule has 2 heterocycles. The largest absolute Gasteiger partial charge is 0.366 e. The van der Waals surface area contributed by atoms with Crippen molar-refractivity contribution in [3.63, 3.8) is 0 Å². The maximum atomic E-state index is 4.09. The highest BCUT2D eigenvalue weighted by Gasteiger charge is 2.25. The van der Waals surface area contributed by atoms with Gasteiger partial charge in [0.15, 0.2) is 11.5 Å². The Morgan fingerprint density at radius 1 is 1.40 bits per heavy atom. The first-order valence-electron chi connectivity index (χ1n) is 5.11. The highest BCUT2D eigenvalue weighted by Crippen LogP contribution is 2.28. The van der Waals surface area contributed by atoms with Crippen molar-refractivity contribution in [3.8, 4) is 0 Å². The molecule has 1 aliphatic rings. The summed E-state index contributed by atoms with van der Waals surface area (Å²) in [6.07, 6.45) is 5.82. The number of nitrogens with zero attached hydrogens (tertiary/aromatic N) is 5. The fraction of sp³-hybridized carbons (Fsp3) is 0.556. The number of hydrogen-bond acceptors (Lipinski definition) is 5. The van der Waals surface area contributed by atoms with Gasteiger partial charge in [-0.1, -0.05) is 6.92 Å². The number of hydrogen-bond donors (Lipinski definition) is 1. The Morgan fingerprint density at radius 3 is 3.07 bits per heavy atom. The van der Waals surface area contributed by atoms with Gasteiger partial charge < -0.3 is 5.32 Å². The summed E-state index contributed by atoms with van der Waals surface area (Å²) in [6.45, 7) is 2.26. The van der Waals surface area contributed by atoms with E-state index >= 15 is 0 Å². The lowest BCUT2D eigenvalue weighted by atomic mass is 9.82. The van der Waals surface area contributed by atoms with Crippen LogP contribution in [0.4, 0.5) is 5.82 Å². The van der Waals surface area contributed by atoms with E-state index in [0.717, 1.165) is 11.7 Å². The summed E-state index contributed by atoms with van der Waals surface area (Å²) in [5.74, 6) is 1.69. The van der Waals surface area contributed by atoms with Crippen LogP contribution in [0.25, 0.3) is 5.65 Å². The summed E-state index contributed by atoms with van der Waals surface area (Å²) in [6, 6.07) is 0.539. The second-order valence-corrected chi connectivity index (χ2v) is 4.16. The number of tetrazole rings is 1. The summed E-state index contributed by atoms with van der Waals surface area (Å²) >= 11 is 0. The molecule has 0 aliphatic heterocycles. The van der Waals surface area contributed by atoms with Crippen molar-refractivity contribution in [3.05, 3.63) is 12.4 Å². The summed E-state index contributed by atoms with van der Waals surface area (Å²) in [5, 5.41) is 14.8. The van der Waals surface area contributed by atoms with Crippen molar-refractivity contribution in [1.82, 2.24) is 25.0 Å². The lowest BCUT2D eigenvalue weighted by Gasteiger charge is -2.33. The maximum absolute atomic E-state index is 4.09. The summed E-state index contributed by atoms with van der Waals surface area (Å²) < 4.78 is 1.68. The molecule has 0 atom stereocenters. The van der Waals surface area contributed by atoms with Gasteiger partial charge in [-0.3, -0.25) is 4.98 Å². The van der Waals surface area contributed by atoms with E-state index in [0.29, 0.717) is 11.7 Å². The van der Waals surface area contributed by atoms with Gasteiger partial charge in [-0.15, -0.1) is 5.10 Å². The molecule has 1 saturated carbocycles. The van der Waals surface area contributed by atoms with Gasteiger partial charge in [0.05, 0.1) is 12.4 Å². The second-order valence-electron chi connectivity index (χ2n) is 4.16. The van der Waals surface area contributed by atoms with Gasteiger partial charge in [0, 0.05) is 6.04 Å². The number of rotatable bonds is 2. The summed E-state index contributed by atoms with van der Waals surface area (Å²) in [4.78, 5) is 4.09. The predicted octanol–water partition coefficient (Wildman–Crippen LogP) is 0.730. The molecule has 15 heavy (non-hydrogen) atoms. The lowest BCUT2D eigenvalue weighted by molar-refractivity contribution is 0.308. The van der Waals surface area contributed by atoms with Gasteiger partial charge in [0.25, 0.3) is 0 Å². The molecule has 0 unspecified atom stereocenters. The highest BCUT2D eigenvalue weighted by molar-refractivity contribution is 5.44. The minimum absolute atomic E-state index is 0.539. The van der Waals surface area contributed by atoms with Crippen molar-refractivity contribution in [1.29, 1.82) is 0 Å². The smallest absolute Gasteiger partial charge is 0.199 e. The monoisotopic (exact) mass is 204 g/mol. The van der Waals surface area contributed by atoms with Gasteiger partial charge in [-0.05, 0) is 29.2 Å². The second kappa shape index (κ2) is 3.15. The van der Waals surface area contributed by atoms with Crippen molar-refractivity contribution in [2.45, 2.75) is 25.8 Å². The van der Waals surface area contributed by atoms with Crippen molar-refractivity contribution < 1.29 is 0 Å². The Hall–Kier alpha value is -1.72. The molecule has 3 rings (SSSR count). The molecule has 0 spiro atoms. The quantitative estimate of drug-likeness (QED) is 0.781. The van der Waals surface area contributed by atoms with Crippen LogP contribution in [0.3, 0.4) is 0 Å². The Morgan fingerprint density at radius 2 is 2.27 bits per heavy atom. The van der Waals surface area contributed by atoms with Gasteiger partial charge >= 0.3 is 0 Å². The Labute approximate surface area is 86.7 Å². The number of aromatic nitrogens is 5. The zero-order valence-corrected chi connectivity index (χ0v) is 8.46. The van der Waals surface area contributed by atoms with E-state index in [4.69, 9.17) is 0 Å².